The molecule has 202 valence electrons. The fraction of sp³-hybridized carbons (Fsp3) is 0. The lowest BCUT2D eigenvalue weighted by molar-refractivity contribution is 1.31. The largest absolute Gasteiger partial charge is 0.310 e. The van der Waals surface area contributed by atoms with Gasteiger partial charge in [0.15, 0.2) is 0 Å². The number of benzene rings is 6. The van der Waals surface area contributed by atoms with Crippen molar-refractivity contribution in [2.24, 2.45) is 0 Å². The van der Waals surface area contributed by atoms with Crippen LogP contribution < -0.4 is 4.90 Å². The van der Waals surface area contributed by atoms with Crippen LogP contribution in [-0.2, 0) is 0 Å². The van der Waals surface area contributed by atoms with Crippen molar-refractivity contribution in [3.05, 3.63) is 146 Å². The molecule has 6 aromatic carbocycles. The lowest BCUT2D eigenvalue weighted by Gasteiger charge is -2.27. The van der Waals surface area contributed by atoms with Crippen LogP contribution in [-0.4, -0.2) is 4.98 Å². The van der Waals surface area contributed by atoms with Crippen molar-refractivity contribution in [1.29, 1.82) is 0 Å². The van der Waals surface area contributed by atoms with Gasteiger partial charge in [-0.25, -0.2) is 4.98 Å². The molecule has 0 saturated carbocycles. The van der Waals surface area contributed by atoms with Crippen molar-refractivity contribution in [3.8, 4) is 11.1 Å². The monoisotopic (exact) mass is 584 g/mol. The molecule has 4 heteroatoms. The second kappa shape index (κ2) is 9.77. The molecule has 0 N–H and O–H groups in total. The zero-order valence-corrected chi connectivity index (χ0v) is 24.7. The van der Waals surface area contributed by atoms with Gasteiger partial charge in [-0.3, -0.25) is 0 Å². The highest BCUT2D eigenvalue weighted by Gasteiger charge is 2.20. The molecule has 0 spiro atoms. The van der Waals surface area contributed by atoms with Crippen LogP contribution in [0.3, 0.4) is 0 Å². The molecular formula is C39H24N2S2. The van der Waals surface area contributed by atoms with Crippen molar-refractivity contribution in [2.75, 3.05) is 4.90 Å². The Morgan fingerprint density at radius 3 is 2.07 bits per heavy atom. The minimum atomic E-state index is 1.02. The van der Waals surface area contributed by atoms with E-state index in [4.69, 9.17) is 4.98 Å². The molecule has 0 unspecified atom stereocenters. The lowest BCUT2D eigenvalue weighted by Crippen LogP contribution is -2.10. The quantitative estimate of drug-likeness (QED) is 0.205. The van der Waals surface area contributed by atoms with Crippen LogP contribution in [0.15, 0.2) is 146 Å². The summed E-state index contributed by atoms with van der Waals surface area (Å²) in [6.07, 6.45) is 0. The first-order valence-corrected chi connectivity index (χ1v) is 16.0. The van der Waals surface area contributed by atoms with Crippen molar-refractivity contribution < 1.29 is 0 Å². The maximum Gasteiger partial charge on any atom is 0.0917 e. The predicted octanol–water partition coefficient (Wildman–Crippen LogP) is 12.1. The molecule has 0 aliphatic carbocycles. The normalized spacial score (nSPS) is 11.7. The van der Waals surface area contributed by atoms with E-state index in [-0.39, 0.29) is 0 Å². The Morgan fingerprint density at radius 2 is 1.16 bits per heavy atom. The summed E-state index contributed by atoms with van der Waals surface area (Å²) in [6.45, 7) is 0. The number of pyridine rings is 1. The highest BCUT2D eigenvalue weighted by Crippen LogP contribution is 2.46. The summed E-state index contributed by atoms with van der Waals surface area (Å²) >= 11 is 3.67. The van der Waals surface area contributed by atoms with Gasteiger partial charge in [0.25, 0.3) is 0 Å². The Morgan fingerprint density at radius 1 is 0.465 bits per heavy atom. The van der Waals surface area contributed by atoms with Crippen LogP contribution in [0.25, 0.3) is 62.5 Å². The number of hydrogen-bond donors (Lipinski definition) is 0. The molecule has 0 radical (unpaired) electrons. The average Bonchev–Trinajstić information content (AvgIpc) is 3.62. The molecule has 0 amide bonds. The minimum Gasteiger partial charge on any atom is -0.310 e. The molecule has 0 aliphatic rings. The van der Waals surface area contributed by atoms with Crippen molar-refractivity contribution in [2.45, 2.75) is 0 Å². The summed E-state index contributed by atoms with van der Waals surface area (Å²) in [5.74, 6) is 0. The second-order valence-electron chi connectivity index (χ2n) is 10.8. The molecule has 0 atom stereocenters. The van der Waals surface area contributed by atoms with Gasteiger partial charge < -0.3 is 4.90 Å². The highest BCUT2D eigenvalue weighted by molar-refractivity contribution is 7.26. The van der Waals surface area contributed by atoms with Crippen LogP contribution >= 0.6 is 22.7 Å². The lowest BCUT2D eigenvalue weighted by atomic mass is 10.0. The van der Waals surface area contributed by atoms with Crippen LogP contribution in [0.2, 0.25) is 0 Å². The van der Waals surface area contributed by atoms with E-state index in [9.17, 15) is 0 Å². The van der Waals surface area contributed by atoms with Crippen LogP contribution in [0, 0.1) is 0 Å². The molecule has 2 nitrogen and oxygen atoms in total. The SMILES string of the molecule is c1ccc(-c2ccc(N(c3ccc4sc5ccccc5c4c3)c3cccc4sc5cc6ccccc6nc5c34)cc2)cc1. The number of hydrogen-bond acceptors (Lipinski definition) is 4. The first-order chi connectivity index (χ1) is 21.3. The van der Waals surface area contributed by atoms with Gasteiger partial charge in [-0.1, -0.05) is 84.9 Å². The van der Waals surface area contributed by atoms with E-state index in [1.807, 2.05) is 22.7 Å². The van der Waals surface area contributed by atoms with Crippen molar-refractivity contribution in [3.63, 3.8) is 0 Å². The van der Waals surface area contributed by atoms with Gasteiger partial charge in [-0.05, 0) is 71.8 Å². The van der Waals surface area contributed by atoms with E-state index in [1.54, 1.807) is 0 Å². The standard InChI is InChI=1S/C39H24N2S2/c1-2-9-25(10-3-1)26-17-19-28(20-18-26)41(29-21-22-35-31(24-29)30-12-5-7-15-34(30)42-35)33-14-8-16-36-38(33)39-37(43-36)23-27-11-4-6-13-32(27)40-39/h1-24H. The predicted molar refractivity (Wildman–Crippen MR) is 188 cm³/mol. The minimum absolute atomic E-state index is 1.02. The Bertz CT molecular complexity index is 2450. The van der Waals surface area contributed by atoms with Gasteiger partial charge in [-0.15, -0.1) is 22.7 Å². The summed E-state index contributed by atoms with van der Waals surface area (Å²) in [4.78, 5) is 7.63. The fourth-order valence-electron chi connectivity index (χ4n) is 6.21. The summed E-state index contributed by atoms with van der Waals surface area (Å²) in [7, 11) is 0. The molecule has 0 bridgehead atoms. The molecule has 3 heterocycles. The molecule has 0 aliphatic heterocycles. The van der Waals surface area contributed by atoms with Gasteiger partial charge in [0.2, 0.25) is 0 Å². The summed E-state index contributed by atoms with van der Waals surface area (Å²) in [6, 6.07) is 52.5. The smallest absolute Gasteiger partial charge is 0.0917 e. The number of para-hydroxylation sites is 1. The van der Waals surface area contributed by atoms with Crippen molar-refractivity contribution >= 4 is 91.1 Å². The van der Waals surface area contributed by atoms with Crippen LogP contribution in [0.4, 0.5) is 17.1 Å². The van der Waals surface area contributed by atoms with E-state index in [2.05, 4.69) is 150 Å². The Hall–Kier alpha value is -5.03. The van der Waals surface area contributed by atoms with Crippen LogP contribution in [0.5, 0.6) is 0 Å². The molecule has 9 rings (SSSR count). The zero-order chi connectivity index (χ0) is 28.3. The molecular weight excluding hydrogens is 561 g/mol. The Labute approximate surface area is 256 Å². The molecule has 43 heavy (non-hydrogen) atoms. The maximum atomic E-state index is 5.22. The third kappa shape index (κ3) is 4.03. The number of anilines is 3. The van der Waals surface area contributed by atoms with E-state index >= 15 is 0 Å². The summed E-state index contributed by atoms with van der Waals surface area (Å²) in [5, 5.41) is 4.95. The topological polar surface area (TPSA) is 16.1 Å². The van der Waals surface area contributed by atoms with Crippen LogP contribution in [0.1, 0.15) is 0 Å². The number of aromatic nitrogens is 1. The highest BCUT2D eigenvalue weighted by atomic mass is 32.1. The Balaban J connectivity index is 1.31. The van der Waals surface area contributed by atoms with E-state index < -0.39 is 0 Å². The summed E-state index contributed by atoms with van der Waals surface area (Å²) in [5.41, 5.74) is 7.89. The number of rotatable bonds is 4. The second-order valence-corrected chi connectivity index (χ2v) is 13.0. The number of fused-ring (bicyclic) bond motifs is 7. The fourth-order valence-corrected chi connectivity index (χ4v) is 8.42. The molecule has 9 aromatic rings. The van der Waals surface area contributed by atoms with Gasteiger partial charge >= 0.3 is 0 Å². The summed E-state index contributed by atoms with van der Waals surface area (Å²) < 4.78 is 5.06. The average molecular weight is 585 g/mol. The molecule has 3 aromatic heterocycles. The van der Waals surface area contributed by atoms with Gasteiger partial charge in [0, 0.05) is 47.0 Å². The van der Waals surface area contributed by atoms with Gasteiger partial charge in [0.1, 0.15) is 0 Å². The maximum absolute atomic E-state index is 5.22. The third-order valence-electron chi connectivity index (χ3n) is 8.24. The van der Waals surface area contributed by atoms with E-state index in [1.165, 1.54) is 51.5 Å². The number of thiophene rings is 2. The Kier molecular flexibility index (Phi) is 5.58. The third-order valence-corrected chi connectivity index (χ3v) is 10.5. The van der Waals surface area contributed by atoms with Gasteiger partial charge in [0.05, 0.1) is 21.4 Å². The number of nitrogens with zero attached hydrogens (tertiary/aromatic N) is 2. The molecule has 0 fully saturated rings. The molecule has 0 saturated heterocycles. The zero-order valence-electron chi connectivity index (χ0n) is 23.1. The van der Waals surface area contributed by atoms with E-state index in [0.29, 0.717) is 0 Å². The first-order valence-electron chi connectivity index (χ1n) is 14.4. The first kappa shape index (κ1) is 24.6. The van der Waals surface area contributed by atoms with Crippen molar-refractivity contribution in [1.82, 2.24) is 4.98 Å². The van der Waals surface area contributed by atoms with Gasteiger partial charge in [-0.2, -0.15) is 0 Å². The van der Waals surface area contributed by atoms with E-state index in [0.717, 1.165) is 28.1 Å².